The third-order valence-electron chi connectivity index (χ3n) is 3.58. The van der Waals surface area contributed by atoms with Crippen LogP contribution in [0, 0.1) is 10.5 Å². The number of para-hydroxylation sites is 2. The van der Waals surface area contributed by atoms with E-state index in [1.165, 1.54) is 0 Å². The van der Waals surface area contributed by atoms with Gasteiger partial charge in [0.1, 0.15) is 6.61 Å². The number of anilines is 1. The molecule has 0 spiro atoms. The molecule has 0 saturated carbocycles. The first-order chi connectivity index (χ1) is 12.0. The molecule has 1 atom stereocenters. The molecule has 1 amide bonds. The van der Waals surface area contributed by atoms with Crippen LogP contribution >= 0.6 is 22.6 Å². The molecule has 0 unspecified atom stereocenters. The highest BCUT2D eigenvalue weighted by atomic mass is 127. The van der Waals surface area contributed by atoms with Gasteiger partial charge in [0.15, 0.2) is 18.1 Å². The van der Waals surface area contributed by atoms with Crippen molar-refractivity contribution in [1.82, 2.24) is 0 Å². The molecule has 0 aliphatic carbocycles. The van der Waals surface area contributed by atoms with Gasteiger partial charge >= 0.3 is 5.97 Å². The Hall–Kier alpha value is -2.29. The summed E-state index contributed by atoms with van der Waals surface area (Å²) >= 11 is 2.20. The van der Waals surface area contributed by atoms with Crippen LogP contribution in [0.5, 0.6) is 11.5 Å². The SMILES string of the molecule is Cc1cc(I)ccc1NC(=O)COC(=O)[C@@H]1COc2ccccc2O1. The molecule has 130 valence electrons. The van der Waals surface area contributed by atoms with E-state index in [4.69, 9.17) is 14.2 Å². The molecule has 1 aliphatic heterocycles. The quantitative estimate of drug-likeness (QED) is 0.570. The second-order valence-electron chi connectivity index (χ2n) is 5.48. The zero-order valence-electron chi connectivity index (χ0n) is 13.5. The lowest BCUT2D eigenvalue weighted by molar-refractivity contribution is -0.156. The van der Waals surface area contributed by atoms with E-state index < -0.39 is 18.0 Å². The first-order valence-corrected chi connectivity index (χ1v) is 8.72. The van der Waals surface area contributed by atoms with E-state index in [0.717, 1.165) is 9.13 Å². The van der Waals surface area contributed by atoms with Crippen molar-refractivity contribution in [2.45, 2.75) is 13.0 Å². The molecular formula is C18H16INO5. The largest absolute Gasteiger partial charge is 0.485 e. The standard InChI is InChI=1S/C18H16INO5/c1-11-8-12(19)6-7-13(11)20-17(21)10-24-18(22)16-9-23-14-4-2-3-5-15(14)25-16/h2-8,16H,9-10H2,1H3,(H,20,21)/t16-/m0/s1. The van der Waals surface area contributed by atoms with Crippen LogP contribution in [0.4, 0.5) is 5.69 Å². The number of nitrogens with one attached hydrogen (secondary N) is 1. The van der Waals surface area contributed by atoms with Crippen LogP contribution < -0.4 is 14.8 Å². The zero-order valence-corrected chi connectivity index (χ0v) is 15.6. The smallest absolute Gasteiger partial charge is 0.351 e. The van der Waals surface area contributed by atoms with Crippen LogP contribution in [0.25, 0.3) is 0 Å². The van der Waals surface area contributed by atoms with Crippen LogP contribution in [-0.4, -0.2) is 31.2 Å². The van der Waals surface area contributed by atoms with Crippen LogP contribution in [0.3, 0.4) is 0 Å². The van der Waals surface area contributed by atoms with Crippen molar-refractivity contribution in [2.24, 2.45) is 0 Å². The van der Waals surface area contributed by atoms with Gasteiger partial charge in [-0.25, -0.2) is 4.79 Å². The maximum Gasteiger partial charge on any atom is 0.351 e. The van der Waals surface area contributed by atoms with Crippen LogP contribution in [-0.2, 0) is 14.3 Å². The topological polar surface area (TPSA) is 73.9 Å². The summed E-state index contributed by atoms with van der Waals surface area (Å²) in [6.45, 7) is 1.56. The number of ether oxygens (including phenoxy) is 3. The third kappa shape index (κ3) is 4.41. The van der Waals surface area contributed by atoms with Gasteiger partial charge < -0.3 is 19.5 Å². The molecule has 0 aromatic heterocycles. The van der Waals surface area contributed by atoms with E-state index in [0.29, 0.717) is 17.2 Å². The molecule has 0 saturated heterocycles. The van der Waals surface area contributed by atoms with Crippen molar-refractivity contribution in [3.8, 4) is 11.5 Å². The normalized spacial score (nSPS) is 15.4. The Morgan fingerprint density at radius 3 is 2.76 bits per heavy atom. The van der Waals surface area contributed by atoms with Crippen molar-refractivity contribution >= 4 is 40.2 Å². The number of benzene rings is 2. The number of carbonyl (C=O) groups excluding carboxylic acids is 2. The number of esters is 1. The number of halogens is 1. The van der Waals surface area contributed by atoms with Gasteiger partial charge in [0.25, 0.3) is 5.91 Å². The van der Waals surface area contributed by atoms with Gasteiger partial charge in [-0.15, -0.1) is 0 Å². The number of aryl methyl sites for hydroxylation is 1. The zero-order chi connectivity index (χ0) is 17.8. The average molecular weight is 453 g/mol. The average Bonchev–Trinajstić information content (AvgIpc) is 2.61. The van der Waals surface area contributed by atoms with E-state index in [2.05, 4.69) is 27.9 Å². The molecule has 2 aromatic carbocycles. The Labute approximate surface area is 158 Å². The number of amides is 1. The van der Waals surface area contributed by atoms with Crippen molar-refractivity contribution < 1.29 is 23.8 Å². The number of carbonyl (C=O) groups is 2. The molecule has 2 aromatic rings. The van der Waals surface area contributed by atoms with Gasteiger partial charge in [-0.3, -0.25) is 4.79 Å². The summed E-state index contributed by atoms with van der Waals surface area (Å²) < 4.78 is 17.1. The van der Waals surface area contributed by atoms with Gasteiger partial charge in [-0.1, -0.05) is 12.1 Å². The second-order valence-corrected chi connectivity index (χ2v) is 6.72. The molecule has 0 fully saturated rings. The molecule has 7 heteroatoms. The monoisotopic (exact) mass is 453 g/mol. The van der Waals surface area contributed by atoms with E-state index in [1.807, 2.05) is 31.2 Å². The minimum Gasteiger partial charge on any atom is -0.485 e. The van der Waals surface area contributed by atoms with Crippen LogP contribution in [0.2, 0.25) is 0 Å². The van der Waals surface area contributed by atoms with Crippen LogP contribution in [0.15, 0.2) is 42.5 Å². The predicted octanol–water partition coefficient (Wildman–Crippen LogP) is 2.92. The predicted molar refractivity (Wildman–Crippen MR) is 99.8 cm³/mol. The molecule has 25 heavy (non-hydrogen) atoms. The molecule has 3 rings (SSSR count). The molecule has 1 heterocycles. The number of hydrogen-bond acceptors (Lipinski definition) is 5. The van der Waals surface area contributed by atoms with Gasteiger partial charge in [0.2, 0.25) is 6.10 Å². The lowest BCUT2D eigenvalue weighted by Gasteiger charge is -2.24. The van der Waals surface area contributed by atoms with E-state index >= 15 is 0 Å². The number of fused-ring (bicyclic) bond motifs is 1. The van der Waals surface area contributed by atoms with Crippen LogP contribution in [0.1, 0.15) is 5.56 Å². The Morgan fingerprint density at radius 1 is 1.24 bits per heavy atom. The van der Waals surface area contributed by atoms with Crippen molar-refractivity contribution in [3.63, 3.8) is 0 Å². The summed E-state index contributed by atoms with van der Waals surface area (Å²) in [6.07, 6.45) is -0.886. The lowest BCUT2D eigenvalue weighted by atomic mass is 10.2. The molecule has 0 radical (unpaired) electrons. The van der Waals surface area contributed by atoms with Gasteiger partial charge in [0.05, 0.1) is 0 Å². The number of rotatable bonds is 4. The fourth-order valence-corrected chi connectivity index (χ4v) is 2.97. The molecule has 1 N–H and O–H groups in total. The highest BCUT2D eigenvalue weighted by molar-refractivity contribution is 14.1. The fourth-order valence-electron chi connectivity index (χ4n) is 2.32. The molecule has 1 aliphatic rings. The maximum atomic E-state index is 12.1. The van der Waals surface area contributed by atoms with Gasteiger partial charge in [-0.2, -0.15) is 0 Å². The van der Waals surface area contributed by atoms with Crippen molar-refractivity contribution in [3.05, 3.63) is 51.6 Å². The van der Waals surface area contributed by atoms with E-state index in [1.54, 1.807) is 18.2 Å². The first-order valence-electron chi connectivity index (χ1n) is 7.64. The highest BCUT2D eigenvalue weighted by Gasteiger charge is 2.29. The number of hydrogen-bond donors (Lipinski definition) is 1. The van der Waals surface area contributed by atoms with E-state index in [-0.39, 0.29) is 13.2 Å². The Morgan fingerprint density at radius 2 is 2.00 bits per heavy atom. The second kappa shape index (κ2) is 7.73. The summed E-state index contributed by atoms with van der Waals surface area (Å²) in [4.78, 5) is 24.0. The minimum absolute atomic E-state index is 0.0493. The summed E-state index contributed by atoms with van der Waals surface area (Å²) in [5.41, 5.74) is 1.62. The van der Waals surface area contributed by atoms with E-state index in [9.17, 15) is 9.59 Å². The van der Waals surface area contributed by atoms with Crippen molar-refractivity contribution in [1.29, 1.82) is 0 Å². The van der Waals surface area contributed by atoms with Gasteiger partial charge in [0, 0.05) is 9.26 Å². The molecular weight excluding hydrogens is 437 g/mol. The maximum absolute atomic E-state index is 12.1. The fraction of sp³-hybridized carbons (Fsp3) is 0.222. The summed E-state index contributed by atoms with van der Waals surface area (Å²) in [5.74, 6) is 0.0203. The van der Waals surface area contributed by atoms with Gasteiger partial charge in [-0.05, 0) is 65.4 Å². The molecule has 6 nitrogen and oxygen atoms in total. The Kier molecular flexibility index (Phi) is 5.42. The highest BCUT2D eigenvalue weighted by Crippen LogP contribution is 2.31. The summed E-state index contributed by atoms with van der Waals surface area (Å²) in [6, 6.07) is 12.7. The lowest BCUT2D eigenvalue weighted by Crippen LogP contribution is -2.39. The Bertz CT molecular complexity index is 808. The first kappa shape index (κ1) is 17.5. The third-order valence-corrected chi connectivity index (χ3v) is 4.25. The Balaban J connectivity index is 1.51. The minimum atomic E-state index is -0.886. The summed E-state index contributed by atoms with van der Waals surface area (Å²) in [7, 11) is 0. The summed E-state index contributed by atoms with van der Waals surface area (Å²) in [5, 5.41) is 2.72. The van der Waals surface area contributed by atoms with Crippen molar-refractivity contribution in [2.75, 3.05) is 18.5 Å². The molecule has 0 bridgehead atoms.